The number of hydrogen-bond acceptors (Lipinski definition) is 1. The number of benzene rings is 1. The fourth-order valence-corrected chi connectivity index (χ4v) is 1.85. The van der Waals surface area contributed by atoms with Crippen LogP contribution in [0.25, 0.3) is 0 Å². The van der Waals surface area contributed by atoms with E-state index in [0.29, 0.717) is 6.04 Å². The first-order valence-electron chi connectivity index (χ1n) is 5.13. The summed E-state index contributed by atoms with van der Waals surface area (Å²) in [4.78, 5) is 2.55. The summed E-state index contributed by atoms with van der Waals surface area (Å²) in [6.07, 6.45) is 1.25. The molecule has 1 saturated heterocycles. The Balaban J connectivity index is 2.00. The number of hydrogen-bond donors (Lipinski definition) is 0. The quantitative estimate of drug-likeness (QED) is 0.638. The Hall–Kier alpha value is -0.820. The first kappa shape index (κ1) is 8.76. The van der Waals surface area contributed by atoms with Crippen molar-refractivity contribution in [3.63, 3.8) is 0 Å². The summed E-state index contributed by atoms with van der Waals surface area (Å²) < 4.78 is 0. The molecule has 13 heavy (non-hydrogen) atoms. The normalized spacial score (nSPS) is 28.5. The van der Waals surface area contributed by atoms with Crippen LogP contribution in [0.4, 0.5) is 0 Å². The molecule has 1 fully saturated rings. The maximum atomic E-state index is 2.55. The molecule has 1 nitrogen and oxygen atoms in total. The largest absolute Gasteiger partial charge is 0.290 e. The van der Waals surface area contributed by atoms with Gasteiger partial charge in [-0.1, -0.05) is 37.3 Å². The Morgan fingerprint density at radius 3 is 2.69 bits per heavy atom. The van der Waals surface area contributed by atoms with Crippen LogP contribution in [-0.4, -0.2) is 17.5 Å². The van der Waals surface area contributed by atoms with E-state index in [1.54, 1.807) is 0 Å². The highest BCUT2D eigenvalue weighted by Crippen LogP contribution is 2.37. The molecule has 0 radical (unpaired) electrons. The predicted molar refractivity (Wildman–Crippen MR) is 55.6 cm³/mol. The Labute approximate surface area is 80.4 Å². The highest BCUT2D eigenvalue weighted by Gasteiger charge is 2.37. The Kier molecular flexibility index (Phi) is 2.36. The van der Waals surface area contributed by atoms with Gasteiger partial charge in [-0.3, -0.25) is 4.90 Å². The van der Waals surface area contributed by atoms with E-state index < -0.39 is 0 Å². The molecule has 0 saturated carbocycles. The standard InChI is InChI=1S/C12H17N/c1-3-10(2)13-9-12(13)11-7-5-4-6-8-11/h4-8,10,12H,3,9H2,1-2H3/t10?,12-,13?/m1/s1. The topological polar surface area (TPSA) is 3.01 Å². The average molecular weight is 175 g/mol. The van der Waals surface area contributed by atoms with Crippen LogP contribution in [0.5, 0.6) is 0 Å². The van der Waals surface area contributed by atoms with E-state index >= 15 is 0 Å². The molecule has 0 aliphatic carbocycles. The van der Waals surface area contributed by atoms with Gasteiger partial charge >= 0.3 is 0 Å². The fourth-order valence-electron chi connectivity index (χ4n) is 1.85. The summed E-state index contributed by atoms with van der Waals surface area (Å²) in [5, 5.41) is 0. The first-order chi connectivity index (χ1) is 6.33. The minimum Gasteiger partial charge on any atom is -0.290 e. The molecule has 1 aromatic carbocycles. The van der Waals surface area contributed by atoms with E-state index in [0.717, 1.165) is 6.04 Å². The third-order valence-electron chi connectivity index (χ3n) is 2.99. The Bertz CT molecular complexity index is 268. The van der Waals surface area contributed by atoms with Crippen molar-refractivity contribution >= 4 is 0 Å². The molecule has 0 aromatic heterocycles. The van der Waals surface area contributed by atoms with Crippen LogP contribution >= 0.6 is 0 Å². The smallest absolute Gasteiger partial charge is 0.0479 e. The first-order valence-corrected chi connectivity index (χ1v) is 5.13. The van der Waals surface area contributed by atoms with Gasteiger partial charge in [-0.05, 0) is 18.9 Å². The van der Waals surface area contributed by atoms with Crippen LogP contribution in [-0.2, 0) is 0 Å². The summed E-state index contributed by atoms with van der Waals surface area (Å²) in [6, 6.07) is 12.2. The number of rotatable bonds is 3. The predicted octanol–water partition coefficient (Wildman–Crippen LogP) is 2.84. The lowest BCUT2D eigenvalue weighted by atomic mass is 10.1. The molecule has 1 heterocycles. The molecule has 0 spiro atoms. The van der Waals surface area contributed by atoms with Gasteiger partial charge in [0, 0.05) is 18.6 Å². The van der Waals surface area contributed by atoms with Crippen LogP contribution in [0.2, 0.25) is 0 Å². The second-order valence-electron chi connectivity index (χ2n) is 3.88. The van der Waals surface area contributed by atoms with Gasteiger partial charge in [-0.2, -0.15) is 0 Å². The van der Waals surface area contributed by atoms with Gasteiger partial charge < -0.3 is 0 Å². The van der Waals surface area contributed by atoms with Crippen molar-refractivity contribution in [2.75, 3.05) is 6.54 Å². The summed E-state index contributed by atoms with van der Waals surface area (Å²) in [5.74, 6) is 0. The monoisotopic (exact) mass is 175 g/mol. The van der Waals surface area contributed by atoms with Crippen molar-refractivity contribution in [1.82, 2.24) is 4.90 Å². The zero-order chi connectivity index (χ0) is 9.26. The number of nitrogens with zero attached hydrogens (tertiary/aromatic N) is 1. The maximum Gasteiger partial charge on any atom is 0.0479 e. The molecule has 1 aromatic rings. The Morgan fingerprint density at radius 1 is 1.38 bits per heavy atom. The van der Waals surface area contributed by atoms with Gasteiger partial charge in [-0.15, -0.1) is 0 Å². The second-order valence-corrected chi connectivity index (χ2v) is 3.88. The van der Waals surface area contributed by atoms with Crippen LogP contribution < -0.4 is 0 Å². The third kappa shape index (κ3) is 1.75. The van der Waals surface area contributed by atoms with Crippen LogP contribution in [0, 0.1) is 0 Å². The van der Waals surface area contributed by atoms with E-state index in [9.17, 15) is 0 Å². The van der Waals surface area contributed by atoms with Crippen molar-refractivity contribution < 1.29 is 0 Å². The lowest BCUT2D eigenvalue weighted by Crippen LogP contribution is -2.12. The van der Waals surface area contributed by atoms with Crippen molar-refractivity contribution in [2.24, 2.45) is 0 Å². The molecule has 1 heteroatoms. The van der Waals surface area contributed by atoms with Crippen LogP contribution in [0.15, 0.2) is 30.3 Å². The van der Waals surface area contributed by atoms with E-state index in [4.69, 9.17) is 0 Å². The van der Waals surface area contributed by atoms with E-state index in [1.807, 2.05) is 0 Å². The lowest BCUT2D eigenvalue weighted by Gasteiger charge is -2.10. The minimum absolute atomic E-state index is 0.705. The molecular formula is C12H17N. The summed E-state index contributed by atoms with van der Waals surface area (Å²) in [7, 11) is 0. The van der Waals surface area contributed by atoms with E-state index in [2.05, 4.69) is 49.1 Å². The van der Waals surface area contributed by atoms with Gasteiger partial charge in [0.05, 0.1) is 0 Å². The van der Waals surface area contributed by atoms with Gasteiger partial charge in [0.1, 0.15) is 0 Å². The van der Waals surface area contributed by atoms with E-state index in [-0.39, 0.29) is 0 Å². The summed E-state index contributed by atoms with van der Waals surface area (Å²) in [6.45, 7) is 5.81. The van der Waals surface area contributed by atoms with E-state index in [1.165, 1.54) is 18.5 Å². The fraction of sp³-hybridized carbons (Fsp3) is 0.500. The Morgan fingerprint density at radius 2 is 2.08 bits per heavy atom. The van der Waals surface area contributed by atoms with Gasteiger partial charge in [0.15, 0.2) is 0 Å². The molecule has 1 aliphatic rings. The maximum absolute atomic E-state index is 2.55. The molecule has 2 rings (SSSR count). The highest BCUT2D eigenvalue weighted by molar-refractivity contribution is 5.24. The van der Waals surface area contributed by atoms with Gasteiger partial charge in [0.25, 0.3) is 0 Å². The average Bonchev–Trinajstić information content (AvgIpc) is 2.98. The zero-order valence-corrected chi connectivity index (χ0v) is 8.40. The van der Waals surface area contributed by atoms with Crippen LogP contribution in [0.1, 0.15) is 31.9 Å². The molecule has 0 N–H and O–H groups in total. The molecular weight excluding hydrogens is 158 g/mol. The van der Waals surface area contributed by atoms with Crippen molar-refractivity contribution in [1.29, 1.82) is 0 Å². The molecule has 0 amide bonds. The van der Waals surface area contributed by atoms with Crippen molar-refractivity contribution in [3.05, 3.63) is 35.9 Å². The minimum atomic E-state index is 0.705. The summed E-state index contributed by atoms with van der Waals surface area (Å²) in [5.41, 5.74) is 1.47. The molecule has 2 unspecified atom stereocenters. The highest BCUT2D eigenvalue weighted by atomic mass is 15.3. The van der Waals surface area contributed by atoms with Crippen molar-refractivity contribution in [2.45, 2.75) is 32.4 Å². The SMILES string of the molecule is CCC(C)N1C[C@@H]1c1ccccc1. The molecule has 3 atom stereocenters. The second kappa shape index (κ2) is 3.51. The molecule has 0 bridgehead atoms. The lowest BCUT2D eigenvalue weighted by molar-refractivity contribution is 0.387. The van der Waals surface area contributed by atoms with Crippen molar-refractivity contribution in [3.8, 4) is 0 Å². The molecule has 1 aliphatic heterocycles. The van der Waals surface area contributed by atoms with Crippen LogP contribution in [0.3, 0.4) is 0 Å². The third-order valence-corrected chi connectivity index (χ3v) is 2.99. The zero-order valence-electron chi connectivity index (χ0n) is 8.40. The molecule has 70 valence electrons. The van der Waals surface area contributed by atoms with Gasteiger partial charge in [-0.25, -0.2) is 0 Å². The summed E-state index contributed by atoms with van der Waals surface area (Å²) >= 11 is 0. The van der Waals surface area contributed by atoms with Gasteiger partial charge in [0.2, 0.25) is 0 Å².